The molecule has 8 nitrogen and oxygen atoms in total. The smallest absolute Gasteiger partial charge is 0.335 e. The van der Waals surface area contributed by atoms with Crippen LogP contribution in [-0.4, -0.2) is 41.2 Å². The van der Waals surface area contributed by atoms with Crippen molar-refractivity contribution >= 4 is 18.0 Å². The number of aromatic nitrogens is 1. The number of ether oxygens (including phenoxy) is 1. The van der Waals surface area contributed by atoms with E-state index in [4.69, 9.17) is 5.11 Å². The second-order valence-electron chi connectivity index (χ2n) is 3.91. The fourth-order valence-corrected chi connectivity index (χ4v) is 1.36. The molecule has 1 aromatic rings. The predicted octanol–water partition coefficient (Wildman–Crippen LogP) is 0.140. The molecule has 3 N–H and O–H groups in total. The van der Waals surface area contributed by atoms with E-state index in [0.717, 1.165) is 0 Å². The Morgan fingerprint density at radius 1 is 1.45 bits per heavy atom. The summed E-state index contributed by atoms with van der Waals surface area (Å²) < 4.78 is 4.46. The van der Waals surface area contributed by atoms with Crippen LogP contribution in [0.4, 0.5) is 4.79 Å². The number of aromatic carboxylic acids is 1. The van der Waals surface area contributed by atoms with E-state index in [-0.39, 0.29) is 12.1 Å². The van der Waals surface area contributed by atoms with Gasteiger partial charge in [-0.05, 0) is 19.1 Å². The van der Waals surface area contributed by atoms with Crippen molar-refractivity contribution in [1.82, 2.24) is 15.6 Å². The van der Waals surface area contributed by atoms with Crippen molar-refractivity contribution in [1.29, 1.82) is 0 Å². The lowest BCUT2D eigenvalue weighted by atomic mass is 10.2. The molecule has 0 saturated heterocycles. The highest BCUT2D eigenvalue weighted by Crippen LogP contribution is 2.01. The van der Waals surface area contributed by atoms with E-state index in [1.165, 1.54) is 32.4 Å². The number of carbonyl (C=O) groups excluding carboxylic acids is 2. The minimum absolute atomic E-state index is 0.0425. The maximum absolute atomic E-state index is 11.5. The maximum atomic E-state index is 11.5. The lowest BCUT2D eigenvalue weighted by molar-refractivity contribution is -0.142. The van der Waals surface area contributed by atoms with Gasteiger partial charge in [0.1, 0.15) is 6.04 Å². The number of pyridine rings is 1. The van der Waals surface area contributed by atoms with Crippen LogP contribution < -0.4 is 10.6 Å². The van der Waals surface area contributed by atoms with Crippen LogP contribution in [0.3, 0.4) is 0 Å². The van der Waals surface area contributed by atoms with E-state index >= 15 is 0 Å². The first kappa shape index (κ1) is 15.4. The largest absolute Gasteiger partial charge is 0.478 e. The predicted molar refractivity (Wildman–Crippen MR) is 68.0 cm³/mol. The molecule has 0 saturated carbocycles. The SMILES string of the molecule is COC(=O)C(C)NC(=O)NCc1cc(C(=O)O)ccn1. The Labute approximate surface area is 115 Å². The molecule has 0 aliphatic heterocycles. The van der Waals surface area contributed by atoms with Gasteiger partial charge in [0.25, 0.3) is 0 Å². The van der Waals surface area contributed by atoms with Gasteiger partial charge in [0, 0.05) is 6.20 Å². The van der Waals surface area contributed by atoms with Crippen LogP contribution in [0.1, 0.15) is 23.0 Å². The molecule has 1 atom stereocenters. The number of amides is 2. The average molecular weight is 281 g/mol. The fraction of sp³-hybridized carbons (Fsp3) is 0.333. The molecule has 2 amide bonds. The van der Waals surface area contributed by atoms with Gasteiger partial charge in [0.15, 0.2) is 0 Å². The standard InChI is InChI=1S/C12H15N3O5/c1-7(11(18)20-2)15-12(19)14-6-9-5-8(10(16)17)3-4-13-9/h3-5,7H,6H2,1-2H3,(H,16,17)(H2,14,15,19). The van der Waals surface area contributed by atoms with Gasteiger partial charge >= 0.3 is 18.0 Å². The van der Waals surface area contributed by atoms with Crippen LogP contribution in [0.5, 0.6) is 0 Å². The van der Waals surface area contributed by atoms with E-state index in [9.17, 15) is 14.4 Å². The van der Waals surface area contributed by atoms with Gasteiger partial charge in [-0.3, -0.25) is 4.98 Å². The van der Waals surface area contributed by atoms with Crippen LogP contribution in [0.15, 0.2) is 18.3 Å². The van der Waals surface area contributed by atoms with Crippen molar-refractivity contribution in [3.05, 3.63) is 29.6 Å². The number of methoxy groups -OCH3 is 1. The number of rotatable bonds is 5. The molecule has 1 heterocycles. The highest BCUT2D eigenvalue weighted by Gasteiger charge is 2.15. The number of esters is 1. The quantitative estimate of drug-likeness (QED) is 0.661. The molecule has 0 aliphatic rings. The van der Waals surface area contributed by atoms with Crippen molar-refractivity contribution in [3.8, 4) is 0 Å². The van der Waals surface area contributed by atoms with Gasteiger partial charge < -0.3 is 20.5 Å². The molecule has 8 heteroatoms. The van der Waals surface area contributed by atoms with Gasteiger partial charge in [0.2, 0.25) is 0 Å². The van der Waals surface area contributed by atoms with Gasteiger partial charge in [-0.1, -0.05) is 0 Å². The number of hydrogen-bond acceptors (Lipinski definition) is 5. The summed E-state index contributed by atoms with van der Waals surface area (Å²) in [6.07, 6.45) is 1.34. The van der Waals surface area contributed by atoms with Crippen LogP contribution in [0, 0.1) is 0 Å². The number of nitrogens with zero attached hydrogens (tertiary/aromatic N) is 1. The number of carboxylic acids is 1. The highest BCUT2D eigenvalue weighted by molar-refractivity contribution is 5.87. The van der Waals surface area contributed by atoms with Crippen molar-refractivity contribution in [2.45, 2.75) is 19.5 Å². The summed E-state index contributed by atoms with van der Waals surface area (Å²) in [6.45, 7) is 1.52. The number of nitrogens with one attached hydrogen (secondary N) is 2. The Balaban J connectivity index is 2.51. The first-order valence-electron chi connectivity index (χ1n) is 5.74. The first-order valence-corrected chi connectivity index (χ1v) is 5.74. The summed E-state index contributed by atoms with van der Waals surface area (Å²) in [4.78, 5) is 37.3. The number of urea groups is 1. The first-order chi connectivity index (χ1) is 9.43. The Bertz CT molecular complexity index is 518. The van der Waals surface area contributed by atoms with E-state index < -0.39 is 24.0 Å². The van der Waals surface area contributed by atoms with Crippen molar-refractivity contribution in [3.63, 3.8) is 0 Å². The highest BCUT2D eigenvalue weighted by atomic mass is 16.5. The van der Waals surface area contributed by atoms with E-state index in [0.29, 0.717) is 5.69 Å². The zero-order chi connectivity index (χ0) is 15.1. The average Bonchev–Trinajstić information content (AvgIpc) is 2.44. The fourth-order valence-electron chi connectivity index (χ4n) is 1.36. The third-order valence-electron chi connectivity index (χ3n) is 2.40. The minimum atomic E-state index is -1.07. The van der Waals surface area contributed by atoms with Crippen molar-refractivity contribution in [2.24, 2.45) is 0 Å². The molecule has 108 valence electrons. The van der Waals surface area contributed by atoms with E-state index in [1.807, 2.05) is 0 Å². The van der Waals surface area contributed by atoms with E-state index in [2.05, 4.69) is 20.4 Å². The Morgan fingerprint density at radius 3 is 2.75 bits per heavy atom. The summed E-state index contributed by atoms with van der Waals surface area (Å²) in [5.41, 5.74) is 0.478. The zero-order valence-electron chi connectivity index (χ0n) is 11.0. The zero-order valence-corrected chi connectivity index (χ0v) is 11.0. The number of hydrogen-bond donors (Lipinski definition) is 3. The lowest BCUT2D eigenvalue weighted by Gasteiger charge is -2.12. The topological polar surface area (TPSA) is 118 Å². The molecule has 0 radical (unpaired) electrons. The molecular weight excluding hydrogens is 266 g/mol. The summed E-state index contributed by atoms with van der Waals surface area (Å²) in [5.74, 6) is -1.64. The van der Waals surface area contributed by atoms with Crippen LogP contribution in [0.25, 0.3) is 0 Å². The molecule has 1 unspecified atom stereocenters. The lowest BCUT2D eigenvalue weighted by Crippen LogP contribution is -2.44. The van der Waals surface area contributed by atoms with Crippen molar-refractivity contribution in [2.75, 3.05) is 7.11 Å². The molecule has 0 fully saturated rings. The molecule has 1 aromatic heterocycles. The maximum Gasteiger partial charge on any atom is 0.335 e. The summed E-state index contributed by atoms with van der Waals surface area (Å²) >= 11 is 0. The third kappa shape index (κ3) is 4.56. The second-order valence-corrected chi connectivity index (χ2v) is 3.91. The molecule has 1 rings (SSSR count). The van der Waals surface area contributed by atoms with Crippen LogP contribution in [0.2, 0.25) is 0 Å². The Morgan fingerprint density at radius 2 is 2.15 bits per heavy atom. The van der Waals surface area contributed by atoms with Crippen LogP contribution >= 0.6 is 0 Å². The van der Waals surface area contributed by atoms with Crippen LogP contribution in [-0.2, 0) is 16.1 Å². The van der Waals surface area contributed by atoms with Gasteiger partial charge in [-0.15, -0.1) is 0 Å². The molecule has 0 aromatic carbocycles. The summed E-state index contributed by atoms with van der Waals surface area (Å²) in [5, 5.41) is 13.6. The normalized spacial score (nSPS) is 11.3. The monoisotopic (exact) mass is 281 g/mol. The Hall–Kier alpha value is -2.64. The number of carboxylic acid groups (broad SMARTS) is 1. The van der Waals surface area contributed by atoms with Gasteiger partial charge in [-0.25, -0.2) is 14.4 Å². The Kier molecular flexibility index (Phi) is 5.45. The third-order valence-corrected chi connectivity index (χ3v) is 2.40. The minimum Gasteiger partial charge on any atom is -0.478 e. The molecule has 0 bridgehead atoms. The molecule has 0 spiro atoms. The summed E-state index contributed by atoms with van der Waals surface area (Å²) in [6, 6.07) is 1.35. The molecule has 20 heavy (non-hydrogen) atoms. The number of carbonyl (C=O) groups is 3. The van der Waals surface area contributed by atoms with Crippen molar-refractivity contribution < 1.29 is 24.2 Å². The van der Waals surface area contributed by atoms with E-state index in [1.54, 1.807) is 0 Å². The van der Waals surface area contributed by atoms with Gasteiger partial charge in [-0.2, -0.15) is 0 Å². The second kappa shape index (κ2) is 7.07. The molecular formula is C12H15N3O5. The summed E-state index contributed by atoms with van der Waals surface area (Å²) in [7, 11) is 1.22. The van der Waals surface area contributed by atoms with Gasteiger partial charge in [0.05, 0.1) is 24.9 Å². The molecule has 0 aliphatic carbocycles.